The van der Waals surface area contributed by atoms with E-state index in [1.807, 2.05) is 6.07 Å². The summed E-state index contributed by atoms with van der Waals surface area (Å²) in [5.41, 5.74) is 7.94. The van der Waals surface area contributed by atoms with Crippen molar-refractivity contribution >= 4 is 5.69 Å². The van der Waals surface area contributed by atoms with Crippen LogP contribution in [-0.2, 0) is 0 Å². The zero-order chi connectivity index (χ0) is 11.8. The molecule has 0 atom stereocenters. The second-order valence-electron chi connectivity index (χ2n) is 4.06. The quantitative estimate of drug-likeness (QED) is 0.713. The second-order valence-corrected chi connectivity index (χ2v) is 4.06. The van der Waals surface area contributed by atoms with Gasteiger partial charge in [0.25, 0.3) is 0 Å². The Hall–Kier alpha value is -1.28. The van der Waals surface area contributed by atoms with E-state index < -0.39 is 0 Å². The molecule has 1 rings (SSSR count). The molecule has 1 aromatic carbocycles. The number of nitrogens with zero attached hydrogens (tertiary/aromatic N) is 1. The van der Waals surface area contributed by atoms with Crippen LogP contribution in [0.4, 0.5) is 5.69 Å². The summed E-state index contributed by atoms with van der Waals surface area (Å²) in [6.07, 6.45) is 2.41. The van der Waals surface area contributed by atoms with Crippen molar-refractivity contribution in [2.24, 2.45) is 5.73 Å². The van der Waals surface area contributed by atoms with Gasteiger partial charge in [-0.3, -0.25) is 0 Å². The molecule has 0 fully saturated rings. The molecule has 16 heavy (non-hydrogen) atoms. The Morgan fingerprint density at radius 2 is 2.00 bits per heavy atom. The van der Waals surface area contributed by atoms with E-state index >= 15 is 0 Å². The van der Waals surface area contributed by atoms with Crippen LogP contribution in [-0.4, -0.2) is 19.6 Å². The summed E-state index contributed by atoms with van der Waals surface area (Å²) in [5.74, 6) is 0. The molecule has 0 spiro atoms. The molecule has 88 valence electrons. The summed E-state index contributed by atoms with van der Waals surface area (Å²) in [6, 6.07) is 10.5. The molecule has 0 bridgehead atoms. The second kappa shape index (κ2) is 7.07. The van der Waals surface area contributed by atoms with Crippen LogP contribution in [0.1, 0.15) is 19.8 Å². The van der Waals surface area contributed by atoms with Crippen molar-refractivity contribution in [3.8, 4) is 0 Å². The van der Waals surface area contributed by atoms with Crippen molar-refractivity contribution in [3.05, 3.63) is 42.5 Å². The van der Waals surface area contributed by atoms with Gasteiger partial charge in [0.1, 0.15) is 0 Å². The van der Waals surface area contributed by atoms with Gasteiger partial charge >= 0.3 is 0 Å². The van der Waals surface area contributed by atoms with E-state index in [2.05, 4.69) is 42.7 Å². The van der Waals surface area contributed by atoms with E-state index in [9.17, 15) is 0 Å². The predicted molar refractivity (Wildman–Crippen MR) is 71.8 cm³/mol. The van der Waals surface area contributed by atoms with E-state index in [1.54, 1.807) is 0 Å². The van der Waals surface area contributed by atoms with Gasteiger partial charge in [-0.15, -0.1) is 0 Å². The number of benzene rings is 1. The fourth-order valence-corrected chi connectivity index (χ4v) is 1.62. The molecule has 0 heterocycles. The standard InChI is InChI=1S/C14H22N2/c1-3-4-10-16(12-13(2)11-15)14-8-6-5-7-9-14/h5-9H,2-4,10-12,15H2,1H3. The van der Waals surface area contributed by atoms with E-state index in [0.29, 0.717) is 6.54 Å². The summed E-state index contributed by atoms with van der Waals surface area (Å²) in [6.45, 7) is 8.68. The molecule has 2 heteroatoms. The topological polar surface area (TPSA) is 29.3 Å². The Morgan fingerprint density at radius 3 is 2.56 bits per heavy atom. The zero-order valence-electron chi connectivity index (χ0n) is 10.2. The molecule has 2 N–H and O–H groups in total. The Kier molecular flexibility index (Phi) is 5.65. The lowest BCUT2D eigenvalue weighted by atomic mass is 10.2. The number of para-hydroxylation sites is 1. The van der Waals surface area contributed by atoms with Crippen molar-refractivity contribution in [1.29, 1.82) is 0 Å². The minimum Gasteiger partial charge on any atom is -0.367 e. The average Bonchev–Trinajstić information content (AvgIpc) is 2.35. The third-order valence-corrected chi connectivity index (χ3v) is 2.61. The highest BCUT2D eigenvalue weighted by atomic mass is 15.1. The maximum Gasteiger partial charge on any atom is 0.0398 e. The van der Waals surface area contributed by atoms with Gasteiger partial charge < -0.3 is 10.6 Å². The number of hydrogen-bond acceptors (Lipinski definition) is 2. The lowest BCUT2D eigenvalue weighted by Gasteiger charge is -2.25. The van der Waals surface area contributed by atoms with E-state index in [-0.39, 0.29) is 0 Å². The maximum absolute atomic E-state index is 5.60. The lowest BCUT2D eigenvalue weighted by Crippen LogP contribution is -2.28. The third kappa shape index (κ3) is 4.07. The molecule has 0 saturated heterocycles. The molecular weight excluding hydrogens is 196 g/mol. The largest absolute Gasteiger partial charge is 0.367 e. The van der Waals surface area contributed by atoms with Crippen LogP contribution in [0, 0.1) is 0 Å². The third-order valence-electron chi connectivity index (χ3n) is 2.61. The van der Waals surface area contributed by atoms with Crippen molar-refractivity contribution in [3.63, 3.8) is 0 Å². The van der Waals surface area contributed by atoms with Crippen LogP contribution < -0.4 is 10.6 Å². The minimum absolute atomic E-state index is 0.565. The first-order valence-corrected chi connectivity index (χ1v) is 5.94. The summed E-state index contributed by atoms with van der Waals surface area (Å²) in [4.78, 5) is 2.35. The number of hydrogen-bond donors (Lipinski definition) is 1. The van der Waals surface area contributed by atoms with Gasteiger partial charge in [0, 0.05) is 25.3 Å². The molecule has 0 unspecified atom stereocenters. The molecule has 0 aromatic heterocycles. The monoisotopic (exact) mass is 218 g/mol. The minimum atomic E-state index is 0.565. The van der Waals surface area contributed by atoms with Crippen molar-refractivity contribution < 1.29 is 0 Å². The first-order chi connectivity index (χ1) is 7.77. The zero-order valence-corrected chi connectivity index (χ0v) is 10.2. The molecule has 0 aliphatic heterocycles. The number of nitrogens with two attached hydrogens (primary N) is 1. The maximum atomic E-state index is 5.60. The number of unbranched alkanes of at least 4 members (excludes halogenated alkanes) is 1. The van der Waals surface area contributed by atoms with Gasteiger partial charge in [0.15, 0.2) is 0 Å². The fourth-order valence-electron chi connectivity index (χ4n) is 1.62. The Morgan fingerprint density at radius 1 is 1.31 bits per heavy atom. The Balaban J connectivity index is 2.67. The summed E-state index contributed by atoms with van der Waals surface area (Å²) in [5, 5.41) is 0. The molecule has 2 nitrogen and oxygen atoms in total. The van der Waals surface area contributed by atoms with Crippen LogP contribution in [0.5, 0.6) is 0 Å². The summed E-state index contributed by atoms with van der Waals surface area (Å²) in [7, 11) is 0. The average molecular weight is 218 g/mol. The molecule has 1 aromatic rings. The summed E-state index contributed by atoms with van der Waals surface area (Å²) >= 11 is 0. The Labute approximate surface area is 98.8 Å². The molecule has 0 saturated carbocycles. The lowest BCUT2D eigenvalue weighted by molar-refractivity contribution is 0.735. The van der Waals surface area contributed by atoms with Crippen LogP contribution in [0.2, 0.25) is 0 Å². The van der Waals surface area contributed by atoms with Crippen LogP contribution in [0.3, 0.4) is 0 Å². The van der Waals surface area contributed by atoms with Crippen LogP contribution in [0.25, 0.3) is 0 Å². The SMILES string of the molecule is C=C(CN)CN(CCCC)c1ccccc1. The molecule has 0 radical (unpaired) electrons. The first-order valence-electron chi connectivity index (χ1n) is 5.94. The van der Waals surface area contributed by atoms with Crippen molar-refractivity contribution in [1.82, 2.24) is 0 Å². The van der Waals surface area contributed by atoms with E-state index in [0.717, 1.165) is 18.7 Å². The highest BCUT2D eigenvalue weighted by Gasteiger charge is 2.06. The van der Waals surface area contributed by atoms with E-state index in [4.69, 9.17) is 5.73 Å². The smallest absolute Gasteiger partial charge is 0.0398 e. The number of rotatable bonds is 7. The molecule has 0 aliphatic rings. The van der Waals surface area contributed by atoms with Crippen LogP contribution >= 0.6 is 0 Å². The van der Waals surface area contributed by atoms with Gasteiger partial charge in [0.2, 0.25) is 0 Å². The fraction of sp³-hybridized carbons (Fsp3) is 0.429. The first kappa shape index (κ1) is 12.8. The van der Waals surface area contributed by atoms with Gasteiger partial charge in [-0.2, -0.15) is 0 Å². The van der Waals surface area contributed by atoms with Gasteiger partial charge in [-0.25, -0.2) is 0 Å². The Bertz CT molecular complexity index is 306. The molecule has 0 amide bonds. The van der Waals surface area contributed by atoms with Gasteiger partial charge in [0.05, 0.1) is 0 Å². The molecular formula is C14H22N2. The highest BCUT2D eigenvalue weighted by molar-refractivity contribution is 5.47. The summed E-state index contributed by atoms with van der Waals surface area (Å²) < 4.78 is 0. The van der Waals surface area contributed by atoms with Gasteiger partial charge in [-0.05, 0) is 24.1 Å². The van der Waals surface area contributed by atoms with Crippen LogP contribution in [0.15, 0.2) is 42.5 Å². The van der Waals surface area contributed by atoms with Gasteiger partial charge in [-0.1, -0.05) is 38.1 Å². The van der Waals surface area contributed by atoms with Crippen molar-refractivity contribution in [2.75, 3.05) is 24.5 Å². The normalized spacial score (nSPS) is 10.1. The highest BCUT2D eigenvalue weighted by Crippen LogP contribution is 2.15. The molecule has 0 aliphatic carbocycles. The van der Waals surface area contributed by atoms with E-state index in [1.165, 1.54) is 18.5 Å². The predicted octanol–water partition coefficient (Wildman–Crippen LogP) is 2.81. The number of anilines is 1. The van der Waals surface area contributed by atoms with Crippen molar-refractivity contribution in [2.45, 2.75) is 19.8 Å².